The number of aliphatic hydroxyl groups excluding tert-OH is 1. The molecule has 0 amide bonds. The topological polar surface area (TPSA) is 41.5 Å². The van der Waals surface area contributed by atoms with Gasteiger partial charge in [0.05, 0.1) is 18.8 Å². The molecule has 36 heavy (non-hydrogen) atoms. The summed E-state index contributed by atoms with van der Waals surface area (Å²) in [6, 6.07) is 30.1. The maximum atomic E-state index is 10.7. The van der Waals surface area contributed by atoms with E-state index in [1.165, 1.54) is 38.6 Å². The Morgan fingerprint density at radius 3 is 2.25 bits per heavy atom. The van der Waals surface area contributed by atoms with E-state index in [0.717, 1.165) is 12.0 Å². The molecule has 2 atom stereocenters. The summed E-state index contributed by atoms with van der Waals surface area (Å²) in [4.78, 5) is 0. The minimum atomic E-state index is -0.586. The Morgan fingerprint density at radius 1 is 0.833 bits per heavy atom. The van der Waals surface area contributed by atoms with Crippen molar-refractivity contribution in [3.63, 3.8) is 0 Å². The highest BCUT2D eigenvalue weighted by Crippen LogP contribution is 2.31. The van der Waals surface area contributed by atoms with Crippen molar-refractivity contribution in [3.05, 3.63) is 107 Å². The molecular formula is C33H39NO2. The summed E-state index contributed by atoms with van der Waals surface area (Å²) in [5.41, 5.74) is 7.16. The first-order chi connectivity index (χ1) is 17.2. The molecule has 4 rings (SSSR count). The molecule has 0 bridgehead atoms. The van der Waals surface area contributed by atoms with E-state index in [2.05, 4.69) is 125 Å². The molecule has 0 aliphatic rings. The number of benzene rings is 4. The Morgan fingerprint density at radius 2 is 1.50 bits per heavy atom. The van der Waals surface area contributed by atoms with E-state index >= 15 is 0 Å². The van der Waals surface area contributed by atoms with Crippen LogP contribution >= 0.6 is 0 Å². The standard InChI is InChI=1S/C33H39NO2/c1-23-16-24(2)18-29(17-23)32-13-9-8-12-31(32)25(3)36-22-30(35)21-34-33(4,5)20-26-14-15-27-10-6-7-11-28(27)19-26/h6-19,25,30,34-35H,20-22H2,1-5H3/t25?,30-/m1/s1. The van der Waals surface area contributed by atoms with Gasteiger partial charge in [-0.25, -0.2) is 0 Å². The number of rotatable bonds is 10. The van der Waals surface area contributed by atoms with E-state index in [9.17, 15) is 5.11 Å². The Bertz CT molecular complexity index is 1290. The summed E-state index contributed by atoms with van der Waals surface area (Å²) in [6.45, 7) is 11.4. The molecule has 188 valence electrons. The van der Waals surface area contributed by atoms with Gasteiger partial charge in [0.25, 0.3) is 0 Å². The van der Waals surface area contributed by atoms with Crippen LogP contribution in [0, 0.1) is 13.8 Å². The van der Waals surface area contributed by atoms with E-state index in [0.29, 0.717) is 6.54 Å². The van der Waals surface area contributed by atoms with E-state index < -0.39 is 6.10 Å². The van der Waals surface area contributed by atoms with Crippen LogP contribution in [0.15, 0.2) is 84.9 Å². The lowest BCUT2D eigenvalue weighted by molar-refractivity contribution is -0.00397. The summed E-state index contributed by atoms with van der Waals surface area (Å²) < 4.78 is 6.15. The molecule has 0 fully saturated rings. The second kappa shape index (κ2) is 11.4. The summed E-state index contributed by atoms with van der Waals surface area (Å²) in [6.07, 6.45) is 0.171. The average molecular weight is 482 g/mol. The van der Waals surface area contributed by atoms with Crippen LogP contribution in [0.25, 0.3) is 21.9 Å². The van der Waals surface area contributed by atoms with Crippen molar-refractivity contribution in [2.24, 2.45) is 0 Å². The van der Waals surface area contributed by atoms with Crippen LogP contribution in [-0.4, -0.2) is 29.9 Å². The zero-order chi connectivity index (χ0) is 25.7. The van der Waals surface area contributed by atoms with Gasteiger partial charge < -0.3 is 15.2 Å². The highest BCUT2D eigenvalue weighted by molar-refractivity contribution is 5.83. The molecule has 1 unspecified atom stereocenters. The third kappa shape index (κ3) is 6.82. The molecular weight excluding hydrogens is 442 g/mol. The molecule has 4 aromatic rings. The quantitative estimate of drug-likeness (QED) is 0.252. The van der Waals surface area contributed by atoms with Gasteiger partial charge in [0.15, 0.2) is 0 Å². The van der Waals surface area contributed by atoms with Gasteiger partial charge in [0.2, 0.25) is 0 Å². The Kier molecular flexibility index (Phi) is 8.25. The lowest BCUT2D eigenvalue weighted by atomic mass is 9.93. The Hall–Kier alpha value is -2.98. The number of nitrogens with one attached hydrogen (secondary N) is 1. The van der Waals surface area contributed by atoms with Crippen molar-refractivity contribution >= 4 is 10.8 Å². The van der Waals surface area contributed by atoms with Gasteiger partial charge in [-0.1, -0.05) is 96.1 Å². The molecule has 2 N–H and O–H groups in total. The molecule has 0 saturated carbocycles. The SMILES string of the molecule is Cc1cc(C)cc(-c2ccccc2C(C)OC[C@H](O)CNC(C)(C)Cc2ccc3ccccc3c2)c1. The Labute approximate surface area is 216 Å². The molecule has 0 heterocycles. The summed E-state index contributed by atoms with van der Waals surface area (Å²) in [5, 5.41) is 16.7. The van der Waals surface area contributed by atoms with E-state index in [1.54, 1.807) is 0 Å². The number of aryl methyl sites for hydroxylation is 2. The molecule has 0 aromatic heterocycles. The average Bonchev–Trinajstić information content (AvgIpc) is 2.85. The number of ether oxygens (including phenoxy) is 1. The van der Waals surface area contributed by atoms with E-state index in [-0.39, 0.29) is 18.2 Å². The number of aliphatic hydroxyl groups is 1. The van der Waals surface area contributed by atoms with E-state index in [1.807, 2.05) is 0 Å². The summed E-state index contributed by atoms with van der Waals surface area (Å²) in [5.74, 6) is 0. The fraction of sp³-hybridized carbons (Fsp3) is 0.333. The van der Waals surface area contributed by atoms with Crippen molar-refractivity contribution < 1.29 is 9.84 Å². The molecule has 0 aliphatic carbocycles. The fourth-order valence-corrected chi connectivity index (χ4v) is 4.96. The predicted molar refractivity (Wildman–Crippen MR) is 151 cm³/mol. The predicted octanol–water partition coefficient (Wildman–Crippen LogP) is 7.17. The second-order valence-electron chi connectivity index (χ2n) is 10.7. The van der Waals surface area contributed by atoms with Crippen LogP contribution in [0.1, 0.15) is 49.1 Å². The zero-order valence-corrected chi connectivity index (χ0v) is 22.2. The molecule has 3 heteroatoms. The van der Waals surface area contributed by atoms with Gasteiger partial charge in [-0.15, -0.1) is 0 Å². The van der Waals surface area contributed by atoms with Crippen molar-refractivity contribution in [3.8, 4) is 11.1 Å². The highest BCUT2D eigenvalue weighted by atomic mass is 16.5. The normalized spacial score (nSPS) is 13.6. The van der Waals surface area contributed by atoms with Crippen molar-refractivity contribution in [2.75, 3.05) is 13.2 Å². The maximum absolute atomic E-state index is 10.7. The van der Waals surface area contributed by atoms with Crippen molar-refractivity contribution in [1.29, 1.82) is 0 Å². The lowest BCUT2D eigenvalue weighted by Crippen LogP contribution is -2.46. The summed E-state index contributed by atoms with van der Waals surface area (Å²) in [7, 11) is 0. The largest absolute Gasteiger partial charge is 0.389 e. The Balaban J connectivity index is 1.33. The molecule has 0 radical (unpaired) electrons. The van der Waals surface area contributed by atoms with Crippen LogP contribution in [0.2, 0.25) is 0 Å². The van der Waals surface area contributed by atoms with E-state index in [4.69, 9.17) is 4.74 Å². The van der Waals surface area contributed by atoms with Crippen molar-refractivity contribution in [1.82, 2.24) is 5.32 Å². The van der Waals surface area contributed by atoms with Crippen LogP contribution in [0.4, 0.5) is 0 Å². The highest BCUT2D eigenvalue weighted by Gasteiger charge is 2.20. The fourth-order valence-electron chi connectivity index (χ4n) is 4.96. The molecule has 4 aromatic carbocycles. The van der Waals surface area contributed by atoms with Gasteiger partial charge in [0, 0.05) is 12.1 Å². The number of hydrogen-bond acceptors (Lipinski definition) is 3. The first-order valence-corrected chi connectivity index (χ1v) is 12.9. The smallest absolute Gasteiger partial charge is 0.0898 e. The minimum Gasteiger partial charge on any atom is -0.389 e. The van der Waals surface area contributed by atoms with Gasteiger partial charge in [0.1, 0.15) is 0 Å². The van der Waals surface area contributed by atoms with Gasteiger partial charge in [-0.2, -0.15) is 0 Å². The second-order valence-corrected chi connectivity index (χ2v) is 10.7. The molecule has 3 nitrogen and oxygen atoms in total. The van der Waals surface area contributed by atoms with Crippen LogP contribution in [0.5, 0.6) is 0 Å². The lowest BCUT2D eigenvalue weighted by Gasteiger charge is -2.28. The van der Waals surface area contributed by atoms with Gasteiger partial charge >= 0.3 is 0 Å². The van der Waals surface area contributed by atoms with Gasteiger partial charge in [-0.3, -0.25) is 0 Å². The minimum absolute atomic E-state index is 0.123. The molecule has 0 spiro atoms. The first kappa shape index (κ1) is 26.1. The van der Waals surface area contributed by atoms with Crippen molar-refractivity contribution in [2.45, 2.75) is 58.8 Å². The maximum Gasteiger partial charge on any atom is 0.0898 e. The summed E-state index contributed by atoms with van der Waals surface area (Å²) >= 11 is 0. The molecule has 0 saturated heterocycles. The van der Waals surface area contributed by atoms with Crippen LogP contribution < -0.4 is 5.32 Å². The monoisotopic (exact) mass is 481 g/mol. The van der Waals surface area contributed by atoms with Gasteiger partial charge in [-0.05, 0) is 74.1 Å². The number of hydrogen-bond donors (Lipinski definition) is 2. The van der Waals surface area contributed by atoms with Crippen LogP contribution in [0.3, 0.4) is 0 Å². The number of fused-ring (bicyclic) bond motifs is 1. The third-order valence-corrected chi connectivity index (χ3v) is 6.75. The van der Waals surface area contributed by atoms with Crippen LogP contribution in [-0.2, 0) is 11.2 Å². The third-order valence-electron chi connectivity index (χ3n) is 6.75. The molecule has 0 aliphatic heterocycles. The zero-order valence-electron chi connectivity index (χ0n) is 22.2. The first-order valence-electron chi connectivity index (χ1n) is 12.9. The number of β-amino-alcohol motifs (C(OH)–C–C–N with tert-alkyl or cyclic N) is 1.